The van der Waals surface area contributed by atoms with Crippen molar-refractivity contribution in [3.05, 3.63) is 55.6 Å². The van der Waals surface area contributed by atoms with Crippen molar-refractivity contribution in [2.45, 2.75) is 108 Å². The third-order valence-electron chi connectivity index (χ3n) is 7.41. The fourth-order valence-corrected chi connectivity index (χ4v) is 5.74. The minimum atomic E-state index is 0.176. The molecule has 0 aliphatic rings. The van der Waals surface area contributed by atoms with Crippen LogP contribution in [-0.4, -0.2) is 7.28 Å². The number of rotatable bonds is 2. The molecule has 0 saturated carbocycles. The predicted octanol–water partition coefficient (Wildman–Crippen LogP) is 6.14. The van der Waals surface area contributed by atoms with E-state index in [2.05, 4.69) is 96.9 Å². The van der Waals surface area contributed by atoms with Crippen LogP contribution in [0.2, 0.25) is 0 Å². The zero-order chi connectivity index (χ0) is 22.6. The van der Waals surface area contributed by atoms with Gasteiger partial charge in [0, 0.05) is 0 Å². The molecule has 0 aromatic heterocycles. The molecule has 0 radical (unpaired) electrons. The van der Waals surface area contributed by atoms with Crippen LogP contribution in [-0.2, 0) is 10.8 Å². The zero-order valence-corrected chi connectivity index (χ0v) is 21.7. The summed E-state index contributed by atoms with van der Waals surface area (Å²) >= 11 is 0. The quantitative estimate of drug-likeness (QED) is 0.541. The van der Waals surface area contributed by atoms with Gasteiger partial charge in [-0.1, -0.05) is 74.7 Å². The maximum atomic E-state index is 2.34. The second-order valence-electron chi connectivity index (χ2n) is 11.4. The summed E-state index contributed by atoms with van der Waals surface area (Å²) < 4.78 is 0. The van der Waals surface area contributed by atoms with Crippen LogP contribution in [0.5, 0.6) is 0 Å². The van der Waals surface area contributed by atoms with E-state index >= 15 is 0 Å². The summed E-state index contributed by atoms with van der Waals surface area (Å²) in [6, 6.07) is 0. The van der Waals surface area contributed by atoms with Gasteiger partial charge in [0.2, 0.25) is 0 Å². The molecule has 158 valence electrons. The first-order chi connectivity index (χ1) is 13.0. The molecular formula is C28H43B. The third kappa shape index (κ3) is 4.07. The zero-order valence-electron chi connectivity index (χ0n) is 21.7. The lowest BCUT2D eigenvalue weighted by Crippen LogP contribution is -2.38. The molecule has 0 amide bonds. The number of hydrogen-bond acceptors (Lipinski definition) is 0. The molecule has 2 aromatic carbocycles. The van der Waals surface area contributed by atoms with Gasteiger partial charge in [0.1, 0.15) is 0 Å². The van der Waals surface area contributed by atoms with Crippen LogP contribution in [0.3, 0.4) is 0 Å². The minimum absolute atomic E-state index is 0.176. The van der Waals surface area contributed by atoms with Crippen LogP contribution in [0.25, 0.3) is 0 Å². The van der Waals surface area contributed by atoms with Crippen molar-refractivity contribution in [2.24, 2.45) is 0 Å². The molecule has 29 heavy (non-hydrogen) atoms. The van der Waals surface area contributed by atoms with E-state index in [1.54, 1.807) is 0 Å². The van der Waals surface area contributed by atoms with Gasteiger partial charge in [-0.2, -0.15) is 0 Å². The highest BCUT2D eigenvalue weighted by Gasteiger charge is 2.27. The SMILES string of the molecule is Cc1c(C)c(C(C)(C)C)c(C)c(C)c1Bc1c(C)c(C)c(C(C)(C)C)c(C)c1C. The van der Waals surface area contributed by atoms with Crippen molar-refractivity contribution in [1.29, 1.82) is 0 Å². The van der Waals surface area contributed by atoms with Crippen molar-refractivity contribution in [2.75, 3.05) is 0 Å². The fourth-order valence-electron chi connectivity index (χ4n) is 5.74. The molecule has 0 bridgehead atoms. The van der Waals surface area contributed by atoms with Crippen LogP contribution >= 0.6 is 0 Å². The molecule has 2 aromatic rings. The van der Waals surface area contributed by atoms with E-state index in [0.717, 1.165) is 7.28 Å². The Hall–Kier alpha value is -1.50. The smallest absolute Gasteiger partial charge is 0.0723 e. The molecule has 0 atom stereocenters. The Morgan fingerprint density at radius 1 is 0.379 bits per heavy atom. The lowest BCUT2D eigenvalue weighted by Gasteiger charge is -2.31. The van der Waals surface area contributed by atoms with E-state index in [1.165, 1.54) is 66.6 Å². The molecule has 0 N–H and O–H groups in total. The van der Waals surface area contributed by atoms with Gasteiger partial charge in [0.05, 0.1) is 0 Å². The number of hydrogen-bond donors (Lipinski definition) is 0. The fraction of sp³-hybridized carbons (Fsp3) is 0.571. The topological polar surface area (TPSA) is 0 Å². The normalized spacial score (nSPS) is 12.5. The Morgan fingerprint density at radius 3 is 0.759 bits per heavy atom. The Bertz CT molecular complexity index is 822. The average Bonchev–Trinajstić information content (AvgIpc) is 2.55. The highest BCUT2D eigenvalue weighted by atomic mass is 14.3. The summed E-state index contributed by atoms with van der Waals surface area (Å²) in [6.45, 7) is 32.7. The highest BCUT2D eigenvalue weighted by molar-refractivity contribution is 6.69. The monoisotopic (exact) mass is 390 g/mol. The van der Waals surface area contributed by atoms with Crippen molar-refractivity contribution < 1.29 is 0 Å². The van der Waals surface area contributed by atoms with E-state index in [-0.39, 0.29) is 10.8 Å². The van der Waals surface area contributed by atoms with Crippen molar-refractivity contribution in [3.63, 3.8) is 0 Å². The first-order valence-electron chi connectivity index (χ1n) is 11.2. The first-order valence-corrected chi connectivity index (χ1v) is 11.2. The summed E-state index contributed by atoms with van der Waals surface area (Å²) in [5, 5.41) is 0. The van der Waals surface area contributed by atoms with Gasteiger partial charge < -0.3 is 0 Å². The average molecular weight is 390 g/mol. The molecule has 2 rings (SSSR count). The maximum Gasteiger partial charge on any atom is 0.193 e. The highest BCUT2D eigenvalue weighted by Crippen LogP contribution is 2.33. The second kappa shape index (κ2) is 7.64. The second-order valence-corrected chi connectivity index (χ2v) is 11.4. The predicted molar refractivity (Wildman–Crippen MR) is 135 cm³/mol. The Morgan fingerprint density at radius 2 is 0.586 bits per heavy atom. The maximum absolute atomic E-state index is 2.34. The van der Waals surface area contributed by atoms with Crippen molar-refractivity contribution >= 4 is 18.2 Å². The van der Waals surface area contributed by atoms with Gasteiger partial charge in [-0.05, 0) is 99.6 Å². The third-order valence-corrected chi connectivity index (χ3v) is 7.41. The molecule has 0 unspecified atom stereocenters. The molecular weight excluding hydrogens is 347 g/mol. The summed E-state index contributed by atoms with van der Waals surface area (Å²) in [7, 11) is 1.04. The molecule has 0 aliphatic carbocycles. The largest absolute Gasteiger partial charge is 0.193 e. The Labute approximate surface area is 181 Å². The molecule has 0 spiro atoms. The van der Waals surface area contributed by atoms with Gasteiger partial charge in [0.15, 0.2) is 7.28 Å². The first kappa shape index (κ1) is 23.8. The van der Waals surface area contributed by atoms with Crippen molar-refractivity contribution in [3.8, 4) is 0 Å². The van der Waals surface area contributed by atoms with E-state index in [0.29, 0.717) is 0 Å². The summed E-state index contributed by atoms with van der Waals surface area (Å²) in [5.41, 5.74) is 18.3. The summed E-state index contributed by atoms with van der Waals surface area (Å²) in [5.74, 6) is 0. The van der Waals surface area contributed by atoms with Gasteiger partial charge in [-0.3, -0.25) is 0 Å². The minimum Gasteiger partial charge on any atom is -0.0723 e. The van der Waals surface area contributed by atoms with E-state index in [1.807, 2.05) is 0 Å². The summed E-state index contributed by atoms with van der Waals surface area (Å²) in [4.78, 5) is 0. The molecule has 0 saturated heterocycles. The van der Waals surface area contributed by atoms with Crippen LogP contribution in [0.1, 0.15) is 97.2 Å². The van der Waals surface area contributed by atoms with Crippen LogP contribution in [0, 0.1) is 55.4 Å². The van der Waals surface area contributed by atoms with Crippen LogP contribution in [0.4, 0.5) is 0 Å². The van der Waals surface area contributed by atoms with Gasteiger partial charge >= 0.3 is 0 Å². The Kier molecular flexibility index (Phi) is 6.27. The lowest BCUT2D eigenvalue weighted by molar-refractivity contribution is 0.580. The van der Waals surface area contributed by atoms with Crippen LogP contribution in [0.15, 0.2) is 0 Å². The lowest BCUT2D eigenvalue weighted by atomic mass is 9.55. The van der Waals surface area contributed by atoms with Gasteiger partial charge in [-0.15, -0.1) is 0 Å². The number of benzene rings is 2. The molecule has 0 aliphatic heterocycles. The summed E-state index contributed by atoms with van der Waals surface area (Å²) in [6.07, 6.45) is 0. The van der Waals surface area contributed by atoms with Crippen molar-refractivity contribution in [1.82, 2.24) is 0 Å². The molecule has 0 fully saturated rings. The van der Waals surface area contributed by atoms with E-state index in [9.17, 15) is 0 Å². The Balaban J connectivity index is 2.77. The molecule has 1 heteroatoms. The van der Waals surface area contributed by atoms with Gasteiger partial charge in [0.25, 0.3) is 0 Å². The van der Waals surface area contributed by atoms with E-state index < -0.39 is 0 Å². The van der Waals surface area contributed by atoms with Gasteiger partial charge in [-0.25, -0.2) is 0 Å². The molecule has 0 nitrogen and oxygen atoms in total. The molecule has 0 heterocycles. The standard InChI is InChI=1S/C28H43B/c1-15-19(5)25(20(6)16(2)23(15)27(9,10)11)29-26-21(7)17(3)24(28(12,13)14)18(4)22(26)8/h29H,1-14H3. The van der Waals surface area contributed by atoms with E-state index in [4.69, 9.17) is 0 Å². The van der Waals surface area contributed by atoms with Crippen LogP contribution < -0.4 is 10.9 Å².